The molecule has 46 heavy (non-hydrogen) atoms. The minimum Gasteiger partial charge on any atom is -0.378 e. The molecule has 1 saturated heterocycles. The van der Waals surface area contributed by atoms with E-state index in [1.165, 1.54) is 6.07 Å². The molecular weight excluding hydrogens is 589 g/mol. The fourth-order valence-corrected chi connectivity index (χ4v) is 6.06. The molecule has 1 saturated carbocycles. The van der Waals surface area contributed by atoms with Crippen molar-refractivity contribution < 1.29 is 18.7 Å². The summed E-state index contributed by atoms with van der Waals surface area (Å²) < 4.78 is 20.9. The lowest BCUT2D eigenvalue weighted by molar-refractivity contribution is -0.130. The van der Waals surface area contributed by atoms with E-state index in [1.54, 1.807) is 42.6 Å². The van der Waals surface area contributed by atoms with Crippen molar-refractivity contribution in [3.05, 3.63) is 72.2 Å². The van der Waals surface area contributed by atoms with E-state index in [2.05, 4.69) is 41.1 Å². The third kappa shape index (κ3) is 7.54. The van der Waals surface area contributed by atoms with E-state index in [1.807, 2.05) is 12.1 Å². The summed E-state index contributed by atoms with van der Waals surface area (Å²) in [5.74, 6) is 0.484. The van der Waals surface area contributed by atoms with Crippen molar-refractivity contribution in [1.82, 2.24) is 30.9 Å². The highest BCUT2D eigenvalue weighted by atomic mass is 19.1. The first kappa shape index (κ1) is 31.2. The standard InChI is InChI=1S/C33H38FN9O3/c34-28-17-22(3-11-27(28)25-8-12-30(36-20-25)43-13-15-46-16-14-43)18-29(38-32(44)24-4-1-21(19-35)2-5-24)33(45)37-26-9-6-23(7-10-26)31-39-41-42-40-31/h3,6-12,17,20-21,24,29H,1-2,4-5,13-16,18-19,35H2,(H,37,45)(H,38,44)(H,39,40,41,42)/t21-,24-,29-/m0/s1. The number of anilines is 2. The zero-order chi connectivity index (χ0) is 31.9. The third-order valence-electron chi connectivity index (χ3n) is 8.81. The lowest BCUT2D eigenvalue weighted by atomic mass is 9.81. The molecule has 3 heterocycles. The van der Waals surface area contributed by atoms with E-state index in [4.69, 9.17) is 10.5 Å². The Morgan fingerprint density at radius 2 is 1.78 bits per heavy atom. The third-order valence-corrected chi connectivity index (χ3v) is 8.81. The second kappa shape index (κ2) is 14.6. The minimum absolute atomic E-state index is 0.113. The van der Waals surface area contributed by atoms with E-state index in [0.29, 0.717) is 53.9 Å². The first-order valence-corrected chi connectivity index (χ1v) is 15.7. The number of H-pyrrole nitrogens is 1. The highest BCUT2D eigenvalue weighted by Crippen LogP contribution is 2.29. The summed E-state index contributed by atoms with van der Waals surface area (Å²) in [5, 5.41) is 19.8. The maximum Gasteiger partial charge on any atom is 0.247 e. The molecule has 2 amide bonds. The highest BCUT2D eigenvalue weighted by molar-refractivity contribution is 5.97. The predicted molar refractivity (Wildman–Crippen MR) is 171 cm³/mol. The minimum atomic E-state index is -0.920. The fourth-order valence-electron chi connectivity index (χ4n) is 6.06. The Hall–Kier alpha value is -4.75. The number of aromatic nitrogens is 5. The smallest absolute Gasteiger partial charge is 0.247 e. The average molecular weight is 628 g/mol. The quantitative estimate of drug-likeness (QED) is 0.206. The monoisotopic (exact) mass is 627 g/mol. The van der Waals surface area contributed by atoms with Crippen LogP contribution in [0, 0.1) is 17.7 Å². The number of amides is 2. The van der Waals surface area contributed by atoms with Gasteiger partial charge in [0.15, 0.2) is 0 Å². The summed E-state index contributed by atoms with van der Waals surface area (Å²) in [4.78, 5) is 33.6. The number of nitrogens with zero attached hydrogens (tertiary/aromatic N) is 5. The van der Waals surface area contributed by atoms with Crippen LogP contribution in [0.1, 0.15) is 31.2 Å². The van der Waals surface area contributed by atoms with Crippen LogP contribution in [0.2, 0.25) is 0 Å². The second-order valence-corrected chi connectivity index (χ2v) is 11.8. The number of aromatic amines is 1. The van der Waals surface area contributed by atoms with Gasteiger partial charge in [-0.25, -0.2) is 9.37 Å². The molecule has 2 fully saturated rings. The van der Waals surface area contributed by atoms with Crippen LogP contribution in [0.4, 0.5) is 15.9 Å². The lowest BCUT2D eigenvalue weighted by Gasteiger charge is -2.28. The Labute approximate surface area is 266 Å². The van der Waals surface area contributed by atoms with Gasteiger partial charge >= 0.3 is 0 Å². The van der Waals surface area contributed by atoms with Crippen LogP contribution in [0.15, 0.2) is 60.8 Å². The first-order chi connectivity index (χ1) is 22.5. The Morgan fingerprint density at radius 1 is 1.02 bits per heavy atom. The van der Waals surface area contributed by atoms with Crippen molar-refractivity contribution >= 4 is 23.3 Å². The molecule has 13 heteroatoms. The van der Waals surface area contributed by atoms with Gasteiger partial charge in [0.2, 0.25) is 17.6 Å². The number of nitrogens with two attached hydrogens (primary N) is 1. The van der Waals surface area contributed by atoms with Gasteiger partial charge in [-0.05, 0) is 91.4 Å². The molecule has 1 atom stereocenters. The van der Waals surface area contributed by atoms with Crippen LogP contribution < -0.4 is 21.3 Å². The van der Waals surface area contributed by atoms with Gasteiger partial charge in [0, 0.05) is 54.0 Å². The SMILES string of the molecule is NC[C@H]1CC[C@H](C(=O)N[C@@H](Cc2ccc(-c3ccc(N4CCOCC4)nc3)c(F)c2)C(=O)Nc2ccc(-c3nn[nH]n3)cc2)CC1. The zero-order valence-corrected chi connectivity index (χ0v) is 25.5. The number of nitrogens with one attached hydrogen (secondary N) is 3. The molecule has 0 bridgehead atoms. The number of ether oxygens (including phenoxy) is 1. The van der Waals surface area contributed by atoms with Crippen LogP contribution in [0.5, 0.6) is 0 Å². The van der Waals surface area contributed by atoms with Crippen LogP contribution in [0.3, 0.4) is 0 Å². The summed E-state index contributed by atoms with van der Waals surface area (Å²) in [6.07, 6.45) is 4.99. The number of hydrogen-bond acceptors (Lipinski definition) is 9. The predicted octanol–water partition coefficient (Wildman–Crippen LogP) is 3.34. The largest absolute Gasteiger partial charge is 0.378 e. The van der Waals surface area contributed by atoms with E-state index in [0.717, 1.165) is 50.2 Å². The maximum atomic E-state index is 15.5. The topological polar surface area (TPSA) is 164 Å². The molecule has 2 aromatic heterocycles. The molecule has 0 spiro atoms. The van der Waals surface area contributed by atoms with Crippen molar-refractivity contribution in [3.63, 3.8) is 0 Å². The van der Waals surface area contributed by atoms with Crippen LogP contribution in [0.25, 0.3) is 22.5 Å². The highest BCUT2D eigenvalue weighted by Gasteiger charge is 2.29. The van der Waals surface area contributed by atoms with Gasteiger partial charge in [0.25, 0.3) is 0 Å². The molecule has 1 aliphatic heterocycles. The Morgan fingerprint density at radius 3 is 2.43 bits per heavy atom. The van der Waals surface area contributed by atoms with Gasteiger partial charge in [-0.2, -0.15) is 5.21 Å². The molecule has 4 aromatic rings. The van der Waals surface area contributed by atoms with E-state index in [-0.39, 0.29) is 18.2 Å². The van der Waals surface area contributed by atoms with Gasteiger partial charge in [0.05, 0.1) is 13.2 Å². The van der Waals surface area contributed by atoms with Crippen molar-refractivity contribution in [2.45, 2.75) is 38.1 Å². The summed E-state index contributed by atoms with van der Waals surface area (Å²) in [6.45, 7) is 3.45. The molecule has 1 aliphatic carbocycles. The summed E-state index contributed by atoms with van der Waals surface area (Å²) in [7, 11) is 0. The van der Waals surface area contributed by atoms with Crippen LogP contribution in [-0.4, -0.2) is 76.3 Å². The average Bonchev–Trinajstić information content (AvgIpc) is 3.64. The molecule has 12 nitrogen and oxygen atoms in total. The molecule has 240 valence electrons. The molecule has 5 N–H and O–H groups in total. The lowest BCUT2D eigenvalue weighted by Crippen LogP contribution is -2.48. The van der Waals surface area contributed by atoms with Gasteiger partial charge in [-0.1, -0.05) is 12.1 Å². The van der Waals surface area contributed by atoms with E-state index >= 15 is 4.39 Å². The van der Waals surface area contributed by atoms with Crippen molar-refractivity contribution in [3.8, 4) is 22.5 Å². The number of pyridine rings is 1. The van der Waals surface area contributed by atoms with Gasteiger partial charge in [-0.15, -0.1) is 10.2 Å². The molecule has 6 rings (SSSR count). The molecule has 0 radical (unpaired) electrons. The number of carbonyl (C=O) groups excluding carboxylic acids is 2. The maximum absolute atomic E-state index is 15.5. The van der Waals surface area contributed by atoms with Gasteiger partial charge in [0.1, 0.15) is 17.7 Å². The number of carbonyl (C=O) groups is 2. The normalized spacial score (nSPS) is 19.0. The van der Waals surface area contributed by atoms with Gasteiger partial charge in [-0.3, -0.25) is 9.59 Å². The molecule has 2 aromatic carbocycles. The Kier molecular flexibility index (Phi) is 9.89. The van der Waals surface area contributed by atoms with E-state index < -0.39 is 17.8 Å². The number of rotatable bonds is 10. The van der Waals surface area contributed by atoms with Crippen LogP contribution >= 0.6 is 0 Å². The molecule has 2 aliphatic rings. The van der Waals surface area contributed by atoms with Crippen molar-refractivity contribution in [1.29, 1.82) is 0 Å². The van der Waals surface area contributed by atoms with Crippen molar-refractivity contribution in [2.24, 2.45) is 17.6 Å². The number of benzene rings is 2. The zero-order valence-electron chi connectivity index (χ0n) is 25.5. The van der Waals surface area contributed by atoms with Gasteiger partial charge < -0.3 is 26.0 Å². The molecule has 0 unspecified atom stereocenters. The number of tetrazole rings is 1. The van der Waals surface area contributed by atoms with Crippen molar-refractivity contribution in [2.75, 3.05) is 43.1 Å². The second-order valence-electron chi connectivity index (χ2n) is 11.8. The number of hydrogen-bond donors (Lipinski definition) is 4. The summed E-state index contributed by atoms with van der Waals surface area (Å²) in [6, 6.07) is 14.7. The number of halogens is 1. The summed E-state index contributed by atoms with van der Waals surface area (Å²) >= 11 is 0. The van der Waals surface area contributed by atoms with Crippen LogP contribution in [-0.2, 0) is 20.7 Å². The molecular formula is C33H38FN9O3. The summed E-state index contributed by atoms with van der Waals surface area (Å²) in [5.41, 5.74) is 8.74. The Bertz CT molecular complexity index is 1600. The first-order valence-electron chi connectivity index (χ1n) is 15.7. The fraction of sp³-hybridized carbons (Fsp3) is 0.394. The number of morpholine rings is 1. The Balaban J connectivity index is 1.16. The van der Waals surface area contributed by atoms with E-state index in [9.17, 15) is 9.59 Å².